The minimum absolute atomic E-state index is 0.630. The highest BCUT2D eigenvalue weighted by atomic mass is 16.3. The van der Waals surface area contributed by atoms with Crippen LogP contribution < -0.4 is 4.57 Å². The zero-order valence-electron chi connectivity index (χ0n) is 15.0. The molecule has 0 aliphatic heterocycles. The van der Waals surface area contributed by atoms with Crippen LogP contribution >= 0.6 is 0 Å². The van der Waals surface area contributed by atoms with Gasteiger partial charge in [0.2, 0.25) is 0 Å². The number of benzene rings is 3. The summed E-state index contributed by atoms with van der Waals surface area (Å²) >= 11 is 0. The quantitative estimate of drug-likeness (QED) is 0.408. The minimum Gasteiger partial charge on any atom is -0.455 e. The second-order valence-electron chi connectivity index (χ2n) is 6.75. The van der Waals surface area contributed by atoms with E-state index in [0.29, 0.717) is 5.56 Å². The highest BCUT2D eigenvalue weighted by Gasteiger charge is 2.22. The van der Waals surface area contributed by atoms with Crippen LogP contribution in [0.4, 0.5) is 0 Å². The van der Waals surface area contributed by atoms with Crippen molar-refractivity contribution in [1.82, 2.24) is 4.98 Å². The van der Waals surface area contributed by atoms with Crippen LogP contribution in [0.5, 0.6) is 0 Å². The first-order valence-electron chi connectivity index (χ1n) is 8.77. The maximum atomic E-state index is 9.54. The third-order valence-electron chi connectivity index (χ3n) is 5.11. The number of rotatable bonds is 1. The number of aryl methyl sites for hydroxylation is 2. The predicted octanol–water partition coefficient (Wildman–Crippen LogP) is 4.81. The topological polar surface area (TPSA) is 53.7 Å². The lowest BCUT2D eigenvalue weighted by atomic mass is 9.97. The van der Waals surface area contributed by atoms with E-state index in [2.05, 4.69) is 30.1 Å². The zero-order chi connectivity index (χ0) is 18.5. The van der Waals surface area contributed by atoms with E-state index < -0.39 is 0 Å². The van der Waals surface area contributed by atoms with Gasteiger partial charge in [-0.05, 0) is 41.7 Å². The summed E-state index contributed by atoms with van der Waals surface area (Å²) in [4.78, 5) is 4.54. The molecule has 4 heteroatoms. The van der Waals surface area contributed by atoms with E-state index in [0.717, 1.165) is 49.7 Å². The summed E-state index contributed by atoms with van der Waals surface area (Å²) in [5.41, 5.74) is 6.32. The molecule has 0 bridgehead atoms. The second kappa shape index (κ2) is 5.65. The van der Waals surface area contributed by atoms with Gasteiger partial charge in [0.15, 0.2) is 5.52 Å². The van der Waals surface area contributed by atoms with Crippen LogP contribution in [0.1, 0.15) is 11.1 Å². The Bertz CT molecular complexity index is 1410. The fraction of sp³-hybridized carbons (Fsp3) is 0.0870. The molecule has 0 atom stereocenters. The molecular weight excluding hydrogens is 334 g/mol. The fourth-order valence-corrected chi connectivity index (χ4v) is 3.87. The SMILES string of the molecule is Cc1ccc2c(oc3cccc(C#N)c32)c1-c1c2ccccc2nc[n+]1C. The number of para-hydroxylation sites is 1. The van der Waals surface area contributed by atoms with E-state index in [9.17, 15) is 5.26 Å². The van der Waals surface area contributed by atoms with E-state index in [1.54, 1.807) is 0 Å². The molecule has 2 heterocycles. The summed E-state index contributed by atoms with van der Waals surface area (Å²) in [6.45, 7) is 2.09. The molecular formula is C23H16N3O+. The van der Waals surface area contributed by atoms with Crippen molar-refractivity contribution in [2.45, 2.75) is 6.92 Å². The average Bonchev–Trinajstić information content (AvgIpc) is 3.07. The fourth-order valence-electron chi connectivity index (χ4n) is 3.87. The number of hydrogen-bond acceptors (Lipinski definition) is 3. The van der Waals surface area contributed by atoms with Crippen LogP contribution in [0, 0.1) is 18.3 Å². The second-order valence-corrected chi connectivity index (χ2v) is 6.75. The molecule has 2 aromatic heterocycles. The van der Waals surface area contributed by atoms with Crippen LogP contribution in [-0.2, 0) is 7.05 Å². The molecule has 3 aromatic carbocycles. The first kappa shape index (κ1) is 15.5. The molecule has 0 radical (unpaired) electrons. The Morgan fingerprint density at radius 3 is 2.70 bits per heavy atom. The molecule has 0 unspecified atom stereocenters. The molecule has 5 rings (SSSR count). The van der Waals surface area contributed by atoms with Crippen molar-refractivity contribution in [3.8, 4) is 17.3 Å². The smallest absolute Gasteiger partial charge is 0.287 e. The molecule has 0 aliphatic rings. The molecule has 4 nitrogen and oxygen atoms in total. The number of nitriles is 1. The van der Waals surface area contributed by atoms with Crippen LogP contribution in [0.15, 0.2) is 65.3 Å². The number of fused-ring (bicyclic) bond motifs is 4. The number of hydrogen-bond donors (Lipinski definition) is 0. The van der Waals surface area contributed by atoms with E-state index in [-0.39, 0.29) is 0 Å². The Labute approximate surface area is 155 Å². The van der Waals surface area contributed by atoms with Crippen LogP contribution in [0.25, 0.3) is 44.1 Å². The highest BCUT2D eigenvalue weighted by molar-refractivity contribution is 6.13. The molecule has 0 fully saturated rings. The van der Waals surface area contributed by atoms with Crippen molar-refractivity contribution in [3.05, 3.63) is 72.1 Å². The Morgan fingerprint density at radius 1 is 1.00 bits per heavy atom. The molecule has 27 heavy (non-hydrogen) atoms. The van der Waals surface area contributed by atoms with Crippen molar-refractivity contribution < 1.29 is 8.98 Å². The minimum atomic E-state index is 0.630. The van der Waals surface area contributed by atoms with Crippen molar-refractivity contribution in [1.29, 1.82) is 5.26 Å². The number of furan rings is 1. The van der Waals surface area contributed by atoms with Gasteiger partial charge in [-0.15, -0.1) is 0 Å². The van der Waals surface area contributed by atoms with Gasteiger partial charge in [-0.1, -0.05) is 30.3 Å². The highest BCUT2D eigenvalue weighted by Crippen LogP contribution is 2.39. The van der Waals surface area contributed by atoms with Gasteiger partial charge in [-0.25, -0.2) is 4.57 Å². The average molecular weight is 350 g/mol. The van der Waals surface area contributed by atoms with Gasteiger partial charge < -0.3 is 4.42 Å². The zero-order valence-corrected chi connectivity index (χ0v) is 15.0. The maximum Gasteiger partial charge on any atom is 0.287 e. The Balaban J connectivity index is 2.00. The van der Waals surface area contributed by atoms with Crippen LogP contribution in [0.2, 0.25) is 0 Å². The summed E-state index contributed by atoms with van der Waals surface area (Å²) < 4.78 is 8.31. The van der Waals surface area contributed by atoms with Gasteiger partial charge in [0, 0.05) is 10.8 Å². The maximum absolute atomic E-state index is 9.54. The third kappa shape index (κ3) is 2.15. The molecule has 0 saturated carbocycles. The van der Waals surface area contributed by atoms with Gasteiger partial charge in [0.05, 0.1) is 29.6 Å². The largest absolute Gasteiger partial charge is 0.455 e. The van der Waals surface area contributed by atoms with E-state index in [1.165, 1.54) is 0 Å². The van der Waals surface area contributed by atoms with E-state index in [4.69, 9.17) is 4.42 Å². The number of nitrogens with zero attached hydrogens (tertiary/aromatic N) is 3. The van der Waals surface area contributed by atoms with Gasteiger partial charge in [-0.2, -0.15) is 5.26 Å². The molecule has 0 amide bonds. The van der Waals surface area contributed by atoms with Crippen molar-refractivity contribution in [2.75, 3.05) is 0 Å². The van der Waals surface area contributed by atoms with E-state index in [1.807, 2.05) is 60.4 Å². The summed E-state index contributed by atoms with van der Waals surface area (Å²) in [7, 11) is 2.00. The lowest BCUT2D eigenvalue weighted by molar-refractivity contribution is -0.662. The van der Waals surface area contributed by atoms with Gasteiger partial charge in [0.25, 0.3) is 6.33 Å². The Hall–Kier alpha value is -3.71. The molecule has 5 aromatic rings. The lowest BCUT2D eigenvalue weighted by Gasteiger charge is -2.09. The summed E-state index contributed by atoms with van der Waals surface area (Å²) in [6, 6.07) is 20.1. The van der Waals surface area contributed by atoms with Crippen molar-refractivity contribution in [2.24, 2.45) is 7.05 Å². The summed E-state index contributed by atoms with van der Waals surface area (Å²) in [5.74, 6) is 0. The van der Waals surface area contributed by atoms with Gasteiger partial charge >= 0.3 is 0 Å². The van der Waals surface area contributed by atoms with Crippen molar-refractivity contribution in [3.63, 3.8) is 0 Å². The molecule has 0 saturated heterocycles. The standard InChI is InChI=1S/C23H16N3O/c1-14-10-11-17-21-15(12-24)6-5-9-19(21)27-23(17)20(14)22-16-7-3-4-8-18(16)25-13-26(22)2/h3-11,13H,1-2H3/q+1. The van der Waals surface area contributed by atoms with Gasteiger partial charge in [-0.3, -0.25) is 0 Å². The van der Waals surface area contributed by atoms with Crippen LogP contribution in [0.3, 0.4) is 0 Å². The number of aromatic nitrogens is 2. The van der Waals surface area contributed by atoms with Crippen molar-refractivity contribution >= 4 is 32.8 Å². The Morgan fingerprint density at radius 2 is 1.85 bits per heavy atom. The monoisotopic (exact) mass is 350 g/mol. The molecule has 0 spiro atoms. The van der Waals surface area contributed by atoms with Crippen LogP contribution in [-0.4, -0.2) is 4.98 Å². The normalized spacial score (nSPS) is 11.3. The van der Waals surface area contributed by atoms with Gasteiger partial charge in [0.1, 0.15) is 16.9 Å². The molecule has 0 N–H and O–H groups in total. The molecule has 128 valence electrons. The lowest BCUT2D eigenvalue weighted by Crippen LogP contribution is -2.31. The first-order valence-corrected chi connectivity index (χ1v) is 8.77. The Kier molecular flexibility index (Phi) is 3.25. The first-order chi connectivity index (χ1) is 13.2. The summed E-state index contributed by atoms with van der Waals surface area (Å²) in [5, 5.41) is 12.4. The summed E-state index contributed by atoms with van der Waals surface area (Å²) in [6.07, 6.45) is 1.83. The third-order valence-corrected chi connectivity index (χ3v) is 5.11. The predicted molar refractivity (Wildman–Crippen MR) is 105 cm³/mol. The molecule has 0 aliphatic carbocycles. The van der Waals surface area contributed by atoms with E-state index >= 15 is 0 Å².